The van der Waals surface area contributed by atoms with Gasteiger partial charge in [-0.2, -0.15) is 5.10 Å². The minimum Gasteiger partial charge on any atom is -0.326 e. The Balaban J connectivity index is 1.69. The normalized spacial score (nSPS) is 10.6. The molecular formula is C15H14BrN3O2S. The third-order valence-electron chi connectivity index (χ3n) is 2.63. The maximum Gasteiger partial charge on any atom is 0.240 e. The van der Waals surface area contributed by atoms with Crippen molar-refractivity contribution in [2.45, 2.75) is 12.8 Å². The highest BCUT2D eigenvalue weighted by Crippen LogP contribution is 2.14. The van der Waals surface area contributed by atoms with Crippen LogP contribution in [0.25, 0.3) is 0 Å². The number of nitrogens with one attached hydrogen (secondary N) is 2. The predicted octanol–water partition coefficient (Wildman–Crippen LogP) is 3.38. The zero-order chi connectivity index (χ0) is 15.8. The van der Waals surface area contributed by atoms with Crippen molar-refractivity contribution in [3.8, 4) is 0 Å². The van der Waals surface area contributed by atoms with Crippen molar-refractivity contribution >= 4 is 51.0 Å². The SMILES string of the molecule is O=C(CCC(=O)Nc1ccc(Br)cc1)N/N=C/c1cccs1. The van der Waals surface area contributed by atoms with Gasteiger partial charge in [0.05, 0.1) is 6.21 Å². The van der Waals surface area contributed by atoms with Gasteiger partial charge in [0.25, 0.3) is 0 Å². The predicted molar refractivity (Wildman–Crippen MR) is 92.1 cm³/mol. The minimum atomic E-state index is -0.293. The fourth-order valence-electron chi connectivity index (χ4n) is 1.57. The standard InChI is InChI=1S/C15H14BrN3O2S/c16-11-3-5-12(6-4-11)18-14(20)7-8-15(21)19-17-10-13-2-1-9-22-13/h1-6,9-10H,7-8H2,(H,18,20)(H,19,21)/b17-10+. The Labute approximate surface area is 140 Å². The van der Waals surface area contributed by atoms with E-state index < -0.39 is 0 Å². The molecule has 2 N–H and O–H groups in total. The minimum absolute atomic E-state index is 0.0874. The van der Waals surface area contributed by atoms with Gasteiger partial charge in [0.2, 0.25) is 11.8 Å². The van der Waals surface area contributed by atoms with Gasteiger partial charge in [0.1, 0.15) is 0 Å². The lowest BCUT2D eigenvalue weighted by atomic mass is 10.2. The quantitative estimate of drug-likeness (QED) is 0.596. The summed E-state index contributed by atoms with van der Waals surface area (Å²) in [5, 5.41) is 8.49. The molecule has 0 bridgehead atoms. The summed E-state index contributed by atoms with van der Waals surface area (Å²) in [5.74, 6) is -0.501. The molecule has 5 nitrogen and oxygen atoms in total. The van der Waals surface area contributed by atoms with Gasteiger partial charge in [0, 0.05) is 27.9 Å². The smallest absolute Gasteiger partial charge is 0.240 e. The summed E-state index contributed by atoms with van der Waals surface area (Å²) >= 11 is 4.85. The first-order valence-electron chi connectivity index (χ1n) is 6.54. The summed E-state index contributed by atoms with van der Waals surface area (Å²) in [7, 11) is 0. The van der Waals surface area contributed by atoms with E-state index in [0.717, 1.165) is 9.35 Å². The van der Waals surface area contributed by atoms with E-state index in [2.05, 4.69) is 31.8 Å². The van der Waals surface area contributed by atoms with Gasteiger partial charge in [-0.3, -0.25) is 9.59 Å². The lowest BCUT2D eigenvalue weighted by Gasteiger charge is -2.04. The maximum atomic E-state index is 11.7. The Morgan fingerprint density at radius 1 is 1.14 bits per heavy atom. The number of hydrogen-bond acceptors (Lipinski definition) is 4. The van der Waals surface area contributed by atoms with E-state index in [0.29, 0.717) is 5.69 Å². The van der Waals surface area contributed by atoms with Crippen LogP contribution in [0.1, 0.15) is 17.7 Å². The third kappa shape index (κ3) is 5.79. The molecule has 0 atom stereocenters. The van der Waals surface area contributed by atoms with E-state index in [1.54, 1.807) is 18.3 Å². The van der Waals surface area contributed by atoms with Gasteiger partial charge in [-0.1, -0.05) is 22.0 Å². The van der Waals surface area contributed by atoms with E-state index >= 15 is 0 Å². The molecule has 2 rings (SSSR count). The number of hydrogen-bond donors (Lipinski definition) is 2. The number of hydrazone groups is 1. The molecule has 0 radical (unpaired) electrons. The van der Waals surface area contributed by atoms with Gasteiger partial charge in [-0.25, -0.2) is 5.43 Å². The van der Waals surface area contributed by atoms with E-state index in [1.807, 2.05) is 29.6 Å². The van der Waals surface area contributed by atoms with Crippen LogP contribution in [0.2, 0.25) is 0 Å². The van der Waals surface area contributed by atoms with E-state index in [-0.39, 0.29) is 24.7 Å². The summed E-state index contributed by atoms with van der Waals surface area (Å²) < 4.78 is 0.938. The summed E-state index contributed by atoms with van der Waals surface area (Å²) in [5.41, 5.74) is 3.10. The first kappa shape index (κ1) is 16.4. The highest BCUT2D eigenvalue weighted by Gasteiger charge is 2.06. The first-order valence-corrected chi connectivity index (χ1v) is 8.21. The maximum absolute atomic E-state index is 11.7. The zero-order valence-electron chi connectivity index (χ0n) is 11.6. The summed E-state index contributed by atoms with van der Waals surface area (Å²) in [6.07, 6.45) is 1.77. The molecule has 0 aliphatic rings. The molecule has 0 fully saturated rings. The second-order valence-electron chi connectivity index (χ2n) is 4.36. The molecule has 0 aliphatic heterocycles. The number of carbonyl (C=O) groups is 2. The van der Waals surface area contributed by atoms with E-state index in [4.69, 9.17) is 0 Å². The first-order chi connectivity index (χ1) is 10.6. The fourth-order valence-corrected chi connectivity index (χ4v) is 2.42. The van der Waals surface area contributed by atoms with E-state index in [1.165, 1.54) is 11.3 Å². The van der Waals surface area contributed by atoms with Crippen LogP contribution >= 0.6 is 27.3 Å². The van der Waals surface area contributed by atoms with Crippen molar-refractivity contribution in [2.24, 2.45) is 5.10 Å². The molecule has 1 heterocycles. The molecule has 114 valence electrons. The molecular weight excluding hydrogens is 366 g/mol. The van der Waals surface area contributed by atoms with Gasteiger partial charge < -0.3 is 5.32 Å². The highest BCUT2D eigenvalue weighted by atomic mass is 79.9. The third-order valence-corrected chi connectivity index (χ3v) is 3.97. The lowest BCUT2D eigenvalue weighted by Crippen LogP contribution is -2.20. The molecule has 1 aromatic heterocycles. The van der Waals surface area contributed by atoms with Crippen LogP contribution in [-0.2, 0) is 9.59 Å². The highest BCUT2D eigenvalue weighted by molar-refractivity contribution is 9.10. The summed E-state index contributed by atoms with van der Waals surface area (Å²) in [6.45, 7) is 0. The number of carbonyl (C=O) groups excluding carboxylic acids is 2. The monoisotopic (exact) mass is 379 g/mol. The number of nitrogens with zero attached hydrogens (tertiary/aromatic N) is 1. The molecule has 2 aromatic rings. The van der Waals surface area contributed by atoms with Crippen LogP contribution in [0.5, 0.6) is 0 Å². The molecule has 7 heteroatoms. The van der Waals surface area contributed by atoms with Gasteiger partial charge in [-0.15, -0.1) is 11.3 Å². The number of thiophene rings is 1. The Morgan fingerprint density at radius 3 is 2.55 bits per heavy atom. The fraction of sp³-hybridized carbons (Fsp3) is 0.133. The topological polar surface area (TPSA) is 70.6 Å². The Bertz CT molecular complexity index is 654. The summed E-state index contributed by atoms with van der Waals surface area (Å²) in [4.78, 5) is 24.2. The van der Waals surface area contributed by atoms with Crippen LogP contribution < -0.4 is 10.7 Å². The van der Waals surface area contributed by atoms with Gasteiger partial charge >= 0.3 is 0 Å². The van der Waals surface area contributed by atoms with Crippen LogP contribution in [0.3, 0.4) is 0 Å². The number of halogens is 1. The van der Waals surface area contributed by atoms with Crippen LogP contribution in [0, 0.1) is 0 Å². The van der Waals surface area contributed by atoms with Crippen molar-refractivity contribution in [3.63, 3.8) is 0 Å². The van der Waals surface area contributed by atoms with Crippen LogP contribution in [-0.4, -0.2) is 18.0 Å². The van der Waals surface area contributed by atoms with Crippen molar-refractivity contribution < 1.29 is 9.59 Å². The Hall–Kier alpha value is -1.99. The molecule has 22 heavy (non-hydrogen) atoms. The summed E-state index contributed by atoms with van der Waals surface area (Å²) in [6, 6.07) is 11.0. The van der Waals surface area contributed by atoms with Gasteiger partial charge in [-0.05, 0) is 35.7 Å². The molecule has 0 saturated heterocycles. The van der Waals surface area contributed by atoms with Crippen molar-refractivity contribution in [1.29, 1.82) is 0 Å². The second-order valence-corrected chi connectivity index (χ2v) is 6.26. The molecule has 0 saturated carbocycles. The van der Waals surface area contributed by atoms with Gasteiger partial charge in [0.15, 0.2) is 0 Å². The zero-order valence-corrected chi connectivity index (χ0v) is 14.0. The van der Waals surface area contributed by atoms with Crippen LogP contribution in [0.15, 0.2) is 51.4 Å². The number of anilines is 1. The lowest BCUT2D eigenvalue weighted by molar-refractivity contribution is -0.124. The average molecular weight is 380 g/mol. The average Bonchev–Trinajstić information content (AvgIpc) is 3.01. The molecule has 0 unspecified atom stereocenters. The molecule has 0 aliphatic carbocycles. The van der Waals surface area contributed by atoms with Crippen molar-refractivity contribution in [2.75, 3.05) is 5.32 Å². The van der Waals surface area contributed by atoms with Crippen molar-refractivity contribution in [1.82, 2.24) is 5.43 Å². The number of amides is 2. The van der Waals surface area contributed by atoms with E-state index in [9.17, 15) is 9.59 Å². The Morgan fingerprint density at radius 2 is 1.86 bits per heavy atom. The Kier molecular flexibility index (Phi) is 6.29. The second kappa shape index (κ2) is 8.45. The molecule has 2 amide bonds. The molecule has 0 spiro atoms. The largest absolute Gasteiger partial charge is 0.326 e. The number of rotatable bonds is 6. The number of benzene rings is 1. The van der Waals surface area contributed by atoms with Crippen molar-refractivity contribution in [3.05, 3.63) is 51.1 Å². The molecule has 1 aromatic carbocycles. The van der Waals surface area contributed by atoms with Crippen LogP contribution in [0.4, 0.5) is 5.69 Å².